The summed E-state index contributed by atoms with van der Waals surface area (Å²) in [5, 5.41) is 0. The van der Waals surface area contributed by atoms with E-state index in [9.17, 15) is 0 Å². The van der Waals surface area contributed by atoms with Crippen LogP contribution in [0.1, 0.15) is 19.3 Å². The smallest absolute Gasteiger partial charge is 0.0593 e. The van der Waals surface area contributed by atoms with Crippen molar-refractivity contribution in [1.82, 2.24) is 4.90 Å². The predicted octanol–water partition coefficient (Wildman–Crippen LogP) is 1.90. The molecule has 90 valence electrons. The topological polar surface area (TPSA) is 21.7 Å². The molecule has 0 aromatic rings. The van der Waals surface area contributed by atoms with Crippen LogP contribution in [0.25, 0.3) is 0 Å². The highest BCUT2D eigenvalue weighted by atomic mass is 79.9. The van der Waals surface area contributed by atoms with Crippen LogP contribution in [0.15, 0.2) is 0 Å². The van der Waals surface area contributed by atoms with Gasteiger partial charge in [-0.1, -0.05) is 15.9 Å². The van der Waals surface area contributed by atoms with Gasteiger partial charge in [-0.2, -0.15) is 0 Å². The Labute approximate surface area is 101 Å². The van der Waals surface area contributed by atoms with Crippen LogP contribution >= 0.6 is 15.9 Å². The van der Waals surface area contributed by atoms with Gasteiger partial charge in [0, 0.05) is 38.2 Å². The number of likely N-dealkylation sites (tertiary alicyclic amines) is 1. The van der Waals surface area contributed by atoms with Crippen molar-refractivity contribution < 1.29 is 9.47 Å². The molecule has 0 N–H and O–H groups in total. The van der Waals surface area contributed by atoms with Crippen molar-refractivity contribution in [3.8, 4) is 0 Å². The lowest BCUT2D eigenvalue weighted by molar-refractivity contribution is 0.0800. The molecule has 1 saturated heterocycles. The second-order valence-electron chi connectivity index (χ2n) is 4.00. The second kappa shape index (κ2) is 8.50. The van der Waals surface area contributed by atoms with E-state index in [1.165, 1.54) is 25.9 Å². The SMILES string of the molecule is COCCCOCCN1CCCC(Br)C1. The lowest BCUT2D eigenvalue weighted by Crippen LogP contribution is -2.37. The number of hydrogen-bond acceptors (Lipinski definition) is 3. The molecule has 0 bridgehead atoms. The number of ether oxygens (including phenoxy) is 2. The van der Waals surface area contributed by atoms with E-state index in [0.717, 1.165) is 32.8 Å². The van der Waals surface area contributed by atoms with E-state index in [1.807, 2.05) is 0 Å². The first kappa shape index (κ1) is 13.4. The lowest BCUT2D eigenvalue weighted by atomic mass is 10.1. The number of hydrogen-bond donors (Lipinski definition) is 0. The zero-order valence-electron chi connectivity index (χ0n) is 9.58. The Hall–Kier alpha value is 0.360. The molecule has 15 heavy (non-hydrogen) atoms. The third-order valence-corrected chi connectivity index (χ3v) is 3.38. The average Bonchev–Trinajstić information content (AvgIpc) is 2.23. The minimum atomic E-state index is 0.680. The Kier molecular flexibility index (Phi) is 7.61. The number of methoxy groups -OCH3 is 1. The molecular weight excluding hydrogens is 258 g/mol. The van der Waals surface area contributed by atoms with Crippen LogP contribution in [0, 0.1) is 0 Å². The van der Waals surface area contributed by atoms with Gasteiger partial charge in [0.15, 0.2) is 0 Å². The van der Waals surface area contributed by atoms with Gasteiger partial charge in [0.25, 0.3) is 0 Å². The summed E-state index contributed by atoms with van der Waals surface area (Å²) in [6, 6.07) is 0. The number of piperidine rings is 1. The zero-order chi connectivity index (χ0) is 10.9. The molecule has 0 saturated carbocycles. The lowest BCUT2D eigenvalue weighted by Gasteiger charge is -2.29. The standard InChI is InChI=1S/C11H22BrNO2/c1-14-7-3-8-15-9-6-13-5-2-4-11(12)10-13/h11H,2-10H2,1H3. The summed E-state index contributed by atoms with van der Waals surface area (Å²) in [6.07, 6.45) is 3.61. The van der Waals surface area contributed by atoms with Crippen molar-refractivity contribution in [2.45, 2.75) is 24.1 Å². The van der Waals surface area contributed by atoms with Gasteiger partial charge in [0.2, 0.25) is 0 Å². The molecule has 0 radical (unpaired) electrons. The van der Waals surface area contributed by atoms with Gasteiger partial charge in [-0.15, -0.1) is 0 Å². The average molecular weight is 280 g/mol. The van der Waals surface area contributed by atoms with E-state index in [1.54, 1.807) is 7.11 Å². The molecule has 1 fully saturated rings. The third kappa shape index (κ3) is 6.51. The molecule has 1 atom stereocenters. The molecule has 1 heterocycles. The molecule has 4 heteroatoms. The summed E-state index contributed by atoms with van der Waals surface area (Å²) >= 11 is 3.67. The van der Waals surface area contributed by atoms with Gasteiger partial charge in [0.1, 0.15) is 0 Å². The number of rotatable bonds is 7. The van der Waals surface area contributed by atoms with Gasteiger partial charge >= 0.3 is 0 Å². The predicted molar refractivity (Wildman–Crippen MR) is 65.7 cm³/mol. The summed E-state index contributed by atoms with van der Waals surface area (Å²) < 4.78 is 10.5. The molecular formula is C11H22BrNO2. The van der Waals surface area contributed by atoms with Crippen molar-refractivity contribution in [3.05, 3.63) is 0 Å². The van der Waals surface area contributed by atoms with Gasteiger partial charge in [-0.25, -0.2) is 0 Å². The van der Waals surface area contributed by atoms with E-state index >= 15 is 0 Å². The molecule has 1 rings (SSSR count). The summed E-state index contributed by atoms with van der Waals surface area (Å²) in [6.45, 7) is 5.93. The fourth-order valence-electron chi connectivity index (χ4n) is 1.80. The Balaban J connectivity index is 1.90. The fourth-order valence-corrected chi connectivity index (χ4v) is 2.54. The largest absolute Gasteiger partial charge is 0.385 e. The van der Waals surface area contributed by atoms with E-state index in [4.69, 9.17) is 9.47 Å². The maximum atomic E-state index is 5.54. The minimum absolute atomic E-state index is 0.680. The highest BCUT2D eigenvalue weighted by Gasteiger charge is 2.16. The van der Waals surface area contributed by atoms with Gasteiger partial charge < -0.3 is 9.47 Å². The number of alkyl halides is 1. The molecule has 3 nitrogen and oxygen atoms in total. The van der Waals surface area contributed by atoms with E-state index in [2.05, 4.69) is 20.8 Å². The maximum Gasteiger partial charge on any atom is 0.0593 e. The summed E-state index contributed by atoms with van der Waals surface area (Å²) in [5.74, 6) is 0. The monoisotopic (exact) mass is 279 g/mol. The normalized spacial score (nSPS) is 23.2. The van der Waals surface area contributed by atoms with Crippen LogP contribution in [0.2, 0.25) is 0 Å². The molecule has 0 spiro atoms. The number of halogens is 1. The molecule has 0 aromatic carbocycles. The molecule has 1 aliphatic heterocycles. The van der Waals surface area contributed by atoms with Gasteiger partial charge in [0.05, 0.1) is 6.61 Å². The Morgan fingerprint density at radius 1 is 1.33 bits per heavy atom. The van der Waals surface area contributed by atoms with Crippen LogP contribution < -0.4 is 0 Å². The van der Waals surface area contributed by atoms with Crippen LogP contribution in [0.3, 0.4) is 0 Å². The second-order valence-corrected chi connectivity index (χ2v) is 5.29. The Bertz CT molecular complexity index is 158. The zero-order valence-corrected chi connectivity index (χ0v) is 11.2. The van der Waals surface area contributed by atoms with Crippen molar-refractivity contribution in [3.63, 3.8) is 0 Å². The summed E-state index contributed by atoms with van der Waals surface area (Å²) in [4.78, 5) is 3.15. The van der Waals surface area contributed by atoms with Crippen molar-refractivity contribution in [2.24, 2.45) is 0 Å². The van der Waals surface area contributed by atoms with Gasteiger partial charge in [-0.3, -0.25) is 4.90 Å². The number of nitrogens with zero attached hydrogens (tertiary/aromatic N) is 1. The van der Waals surface area contributed by atoms with Crippen molar-refractivity contribution in [1.29, 1.82) is 0 Å². The molecule has 0 aliphatic carbocycles. The summed E-state index contributed by atoms with van der Waals surface area (Å²) in [7, 11) is 1.73. The fraction of sp³-hybridized carbons (Fsp3) is 1.00. The highest BCUT2D eigenvalue weighted by Crippen LogP contribution is 2.16. The van der Waals surface area contributed by atoms with E-state index in [0.29, 0.717) is 4.83 Å². The molecule has 0 amide bonds. The van der Waals surface area contributed by atoms with E-state index < -0.39 is 0 Å². The third-order valence-electron chi connectivity index (χ3n) is 2.64. The first-order chi connectivity index (χ1) is 7.33. The highest BCUT2D eigenvalue weighted by molar-refractivity contribution is 9.09. The molecule has 1 aliphatic rings. The Morgan fingerprint density at radius 3 is 2.93 bits per heavy atom. The molecule has 1 unspecified atom stereocenters. The van der Waals surface area contributed by atoms with Crippen molar-refractivity contribution >= 4 is 15.9 Å². The van der Waals surface area contributed by atoms with Crippen LogP contribution in [0.4, 0.5) is 0 Å². The molecule has 0 aromatic heterocycles. The summed E-state index contributed by atoms with van der Waals surface area (Å²) in [5.41, 5.74) is 0. The van der Waals surface area contributed by atoms with Gasteiger partial charge in [-0.05, 0) is 25.8 Å². The Morgan fingerprint density at radius 2 is 2.20 bits per heavy atom. The first-order valence-electron chi connectivity index (χ1n) is 5.76. The maximum absolute atomic E-state index is 5.54. The quantitative estimate of drug-likeness (QED) is 0.525. The van der Waals surface area contributed by atoms with Crippen molar-refractivity contribution in [2.75, 3.05) is 46.6 Å². The van der Waals surface area contributed by atoms with Crippen LogP contribution in [0.5, 0.6) is 0 Å². The van der Waals surface area contributed by atoms with Crippen LogP contribution in [-0.2, 0) is 9.47 Å². The first-order valence-corrected chi connectivity index (χ1v) is 6.67. The minimum Gasteiger partial charge on any atom is -0.385 e. The van der Waals surface area contributed by atoms with E-state index in [-0.39, 0.29) is 0 Å². The van der Waals surface area contributed by atoms with Crippen LogP contribution in [-0.4, -0.2) is 56.3 Å².